The predicted molar refractivity (Wildman–Crippen MR) is 95.4 cm³/mol. The Morgan fingerprint density at radius 2 is 1.52 bits per heavy atom. The van der Waals surface area contributed by atoms with Crippen molar-refractivity contribution >= 4 is 11.6 Å². The molecule has 1 amide bonds. The largest absolute Gasteiger partial charge is 0.326 e. The molecule has 0 heterocycles. The average Bonchev–Trinajstić information content (AvgIpc) is 2.56. The number of amides is 1. The van der Waals surface area contributed by atoms with E-state index in [2.05, 4.69) is 29.6 Å². The van der Waals surface area contributed by atoms with Crippen LogP contribution in [0.5, 0.6) is 0 Å². The Morgan fingerprint density at radius 1 is 0.826 bits per heavy atom. The van der Waals surface area contributed by atoms with Crippen LogP contribution in [0.15, 0.2) is 78.9 Å². The molecule has 0 unspecified atom stereocenters. The van der Waals surface area contributed by atoms with Crippen LogP contribution >= 0.6 is 0 Å². The van der Waals surface area contributed by atoms with Crippen molar-refractivity contribution in [2.45, 2.75) is 13.3 Å². The highest BCUT2D eigenvalue weighted by molar-refractivity contribution is 5.92. The number of carbonyl (C=O) groups excluding carboxylic acids is 1. The van der Waals surface area contributed by atoms with Crippen LogP contribution in [0.25, 0.3) is 11.1 Å². The normalized spacial score (nSPS) is 10.3. The summed E-state index contributed by atoms with van der Waals surface area (Å²) in [4.78, 5) is 12.1. The fourth-order valence-corrected chi connectivity index (χ4v) is 2.56. The fourth-order valence-electron chi connectivity index (χ4n) is 2.56. The van der Waals surface area contributed by atoms with Gasteiger partial charge in [-0.25, -0.2) is 0 Å². The second-order valence-electron chi connectivity index (χ2n) is 5.66. The standard InChI is InChI=1S/C21H19NO/c1-16-6-5-9-20(14-16)22-21(23)15-17-10-12-19(13-11-17)18-7-3-2-4-8-18/h2-14H,15H2,1H3,(H,22,23). The number of nitrogens with one attached hydrogen (secondary N) is 1. The summed E-state index contributed by atoms with van der Waals surface area (Å²) in [6.07, 6.45) is 0.378. The molecule has 0 bridgehead atoms. The van der Waals surface area contributed by atoms with E-state index >= 15 is 0 Å². The lowest BCUT2D eigenvalue weighted by atomic mass is 10.0. The monoisotopic (exact) mass is 301 g/mol. The van der Waals surface area contributed by atoms with E-state index in [1.54, 1.807) is 0 Å². The molecular formula is C21H19NO. The van der Waals surface area contributed by atoms with Crippen molar-refractivity contribution in [1.29, 1.82) is 0 Å². The minimum Gasteiger partial charge on any atom is -0.326 e. The molecule has 3 aromatic carbocycles. The lowest BCUT2D eigenvalue weighted by Gasteiger charge is -2.07. The van der Waals surface area contributed by atoms with E-state index in [4.69, 9.17) is 0 Å². The zero-order chi connectivity index (χ0) is 16.1. The van der Waals surface area contributed by atoms with Crippen molar-refractivity contribution in [1.82, 2.24) is 0 Å². The van der Waals surface area contributed by atoms with Crippen molar-refractivity contribution in [2.75, 3.05) is 5.32 Å². The SMILES string of the molecule is Cc1cccc(NC(=O)Cc2ccc(-c3ccccc3)cc2)c1. The lowest BCUT2D eigenvalue weighted by molar-refractivity contribution is -0.115. The van der Waals surface area contributed by atoms with E-state index < -0.39 is 0 Å². The van der Waals surface area contributed by atoms with Crippen LogP contribution in [-0.4, -0.2) is 5.91 Å². The van der Waals surface area contributed by atoms with Crippen molar-refractivity contribution < 1.29 is 4.79 Å². The molecule has 0 aliphatic heterocycles. The van der Waals surface area contributed by atoms with Gasteiger partial charge in [-0.15, -0.1) is 0 Å². The molecule has 0 fully saturated rings. The first-order valence-corrected chi connectivity index (χ1v) is 7.71. The first-order chi connectivity index (χ1) is 11.2. The molecule has 0 saturated carbocycles. The topological polar surface area (TPSA) is 29.1 Å². The molecule has 3 aromatic rings. The van der Waals surface area contributed by atoms with E-state index in [-0.39, 0.29) is 5.91 Å². The summed E-state index contributed by atoms with van der Waals surface area (Å²) in [6, 6.07) is 26.2. The van der Waals surface area contributed by atoms with Crippen LogP contribution in [0.3, 0.4) is 0 Å². The van der Waals surface area contributed by atoms with Crippen LogP contribution in [0, 0.1) is 6.92 Å². The van der Waals surface area contributed by atoms with E-state index in [0.717, 1.165) is 22.4 Å². The van der Waals surface area contributed by atoms with Crippen LogP contribution in [0.1, 0.15) is 11.1 Å². The Morgan fingerprint density at radius 3 is 2.22 bits per heavy atom. The van der Waals surface area contributed by atoms with Gasteiger partial charge >= 0.3 is 0 Å². The number of aryl methyl sites for hydroxylation is 1. The Hall–Kier alpha value is -2.87. The maximum absolute atomic E-state index is 12.1. The molecule has 0 saturated heterocycles. The van der Waals surface area contributed by atoms with Crippen LogP contribution in [-0.2, 0) is 11.2 Å². The Bertz CT molecular complexity index is 792. The van der Waals surface area contributed by atoms with Crippen molar-refractivity contribution in [2.24, 2.45) is 0 Å². The van der Waals surface area contributed by atoms with Crippen LogP contribution in [0.4, 0.5) is 5.69 Å². The van der Waals surface area contributed by atoms with E-state index in [9.17, 15) is 4.79 Å². The highest BCUT2D eigenvalue weighted by Crippen LogP contribution is 2.19. The number of anilines is 1. The number of benzene rings is 3. The number of hydrogen-bond donors (Lipinski definition) is 1. The lowest BCUT2D eigenvalue weighted by Crippen LogP contribution is -2.14. The smallest absolute Gasteiger partial charge is 0.228 e. The van der Waals surface area contributed by atoms with Crippen LogP contribution < -0.4 is 5.32 Å². The van der Waals surface area contributed by atoms with E-state index in [1.165, 1.54) is 5.56 Å². The van der Waals surface area contributed by atoms with Crippen molar-refractivity contribution in [3.8, 4) is 11.1 Å². The number of rotatable bonds is 4. The van der Waals surface area contributed by atoms with Crippen molar-refractivity contribution in [3.05, 3.63) is 90.0 Å². The molecule has 23 heavy (non-hydrogen) atoms. The second-order valence-corrected chi connectivity index (χ2v) is 5.66. The van der Waals surface area contributed by atoms with Gasteiger partial charge in [-0.2, -0.15) is 0 Å². The highest BCUT2D eigenvalue weighted by atomic mass is 16.1. The number of hydrogen-bond acceptors (Lipinski definition) is 1. The summed E-state index contributed by atoms with van der Waals surface area (Å²) in [5.41, 5.74) is 5.33. The summed E-state index contributed by atoms with van der Waals surface area (Å²) in [5.74, 6) is 0.00283. The first-order valence-electron chi connectivity index (χ1n) is 7.71. The summed E-state index contributed by atoms with van der Waals surface area (Å²) < 4.78 is 0. The second kappa shape index (κ2) is 6.93. The van der Waals surface area contributed by atoms with Crippen molar-refractivity contribution in [3.63, 3.8) is 0 Å². The van der Waals surface area contributed by atoms with Gasteiger partial charge in [0.2, 0.25) is 5.91 Å². The first kappa shape index (κ1) is 15.0. The quantitative estimate of drug-likeness (QED) is 0.733. The maximum atomic E-state index is 12.1. The number of carbonyl (C=O) groups is 1. The molecule has 2 nitrogen and oxygen atoms in total. The van der Waals surface area contributed by atoms with Gasteiger partial charge in [0.25, 0.3) is 0 Å². The van der Waals surface area contributed by atoms with Gasteiger partial charge in [-0.1, -0.05) is 66.7 Å². The maximum Gasteiger partial charge on any atom is 0.228 e. The highest BCUT2D eigenvalue weighted by Gasteiger charge is 2.05. The fraction of sp³-hybridized carbons (Fsp3) is 0.0952. The molecule has 0 aliphatic rings. The third kappa shape index (κ3) is 4.07. The van der Waals surface area contributed by atoms with Gasteiger partial charge < -0.3 is 5.32 Å². The van der Waals surface area contributed by atoms with Gasteiger partial charge in [-0.3, -0.25) is 4.79 Å². The molecular weight excluding hydrogens is 282 g/mol. The van der Waals surface area contributed by atoms with Gasteiger partial charge in [0.1, 0.15) is 0 Å². The van der Waals surface area contributed by atoms with Gasteiger partial charge in [-0.05, 0) is 41.3 Å². The van der Waals surface area contributed by atoms with E-state index in [0.29, 0.717) is 6.42 Å². The Labute approximate surface area is 136 Å². The Balaban J connectivity index is 1.65. The molecule has 114 valence electrons. The predicted octanol–water partition coefficient (Wildman–Crippen LogP) is 4.84. The molecule has 1 N–H and O–H groups in total. The molecule has 0 radical (unpaired) electrons. The molecule has 0 aromatic heterocycles. The minimum absolute atomic E-state index is 0.00283. The van der Waals surface area contributed by atoms with Crippen LogP contribution in [0.2, 0.25) is 0 Å². The van der Waals surface area contributed by atoms with Gasteiger partial charge in [0, 0.05) is 5.69 Å². The average molecular weight is 301 g/mol. The van der Waals surface area contributed by atoms with E-state index in [1.807, 2.05) is 61.5 Å². The summed E-state index contributed by atoms with van der Waals surface area (Å²) in [7, 11) is 0. The van der Waals surface area contributed by atoms with Gasteiger partial charge in [0.05, 0.1) is 6.42 Å². The van der Waals surface area contributed by atoms with Gasteiger partial charge in [0.15, 0.2) is 0 Å². The third-order valence-corrected chi connectivity index (χ3v) is 3.73. The molecule has 3 rings (SSSR count). The Kier molecular flexibility index (Phi) is 4.53. The third-order valence-electron chi connectivity index (χ3n) is 3.73. The summed E-state index contributed by atoms with van der Waals surface area (Å²) >= 11 is 0. The molecule has 0 atom stereocenters. The molecule has 0 aliphatic carbocycles. The molecule has 2 heteroatoms. The summed E-state index contributed by atoms with van der Waals surface area (Å²) in [5, 5.41) is 2.94. The molecule has 0 spiro atoms. The minimum atomic E-state index is 0.00283. The zero-order valence-corrected chi connectivity index (χ0v) is 13.1. The zero-order valence-electron chi connectivity index (χ0n) is 13.1. The summed E-state index contributed by atoms with van der Waals surface area (Å²) in [6.45, 7) is 2.01.